The van der Waals surface area contributed by atoms with E-state index in [0.717, 1.165) is 26.3 Å². The van der Waals surface area contributed by atoms with Gasteiger partial charge in [0, 0.05) is 13.1 Å². The predicted octanol–water partition coefficient (Wildman–Crippen LogP) is 1.52. The smallest absolute Gasteiger partial charge is 0.185 e. The standard InChI is InChI=1S/C9H21NO2Si/c1-9(12-13(2,3)4)10-5-7-11-8-6-10/h9H,5-8H2,1-4H3. The fraction of sp³-hybridized carbons (Fsp3) is 1.00. The molecule has 0 spiro atoms. The van der Waals surface area contributed by atoms with Crippen LogP contribution in [-0.2, 0) is 9.16 Å². The Hall–Kier alpha value is 0.0969. The molecule has 13 heavy (non-hydrogen) atoms. The predicted molar refractivity (Wildman–Crippen MR) is 56.3 cm³/mol. The second-order valence-corrected chi connectivity index (χ2v) is 8.94. The van der Waals surface area contributed by atoms with Crippen LogP contribution in [0.15, 0.2) is 0 Å². The highest BCUT2D eigenvalue weighted by Gasteiger charge is 2.23. The normalized spacial score (nSPS) is 23.1. The van der Waals surface area contributed by atoms with Crippen LogP contribution in [0.4, 0.5) is 0 Å². The lowest BCUT2D eigenvalue weighted by molar-refractivity contribution is -0.0406. The SMILES string of the molecule is CC(O[Si](C)(C)C)N1CCOCC1. The van der Waals surface area contributed by atoms with Crippen LogP contribution in [0, 0.1) is 0 Å². The molecular formula is C9H21NO2Si. The zero-order valence-corrected chi connectivity index (χ0v) is 10.2. The molecule has 0 bridgehead atoms. The van der Waals surface area contributed by atoms with Gasteiger partial charge in [0.2, 0.25) is 0 Å². The maximum absolute atomic E-state index is 5.99. The first-order chi connectivity index (χ1) is 5.99. The van der Waals surface area contributed by atoms with Crippen molar-refractivity contribution in [2.75, 3.05) is 26.3 Å². The van der Waals surface area contributed by atoms with E-state index in [-0.39, 0.29) is 6.23 Å². The van der Waals surface area contributed by atoms with E-state index in [1.165, 1.54) is 0 Å². The third-order valence-corrected chi connectivity index (χ3v) is 3.13. The Balaban J connectivity index is 2.33. The molecule has 1 atom stereocenters. The third-order valence-electron chi connectivity index (χ3n) is 2.08. The van der Waals surface area contributed by atoms with E-state index in [0.29, 0.717) is 0 Å². The molecule has 0 aromatic carbocycles. The quantitative estimate of drug-likeness (QED) is 0.649. The highest BCUT2D eigenvalue weighted by molar-refractivity contribution is 6.69. The van der Waals surface area contributed by atoms with Crippen molar-refractivity contribution in [3.63, 3.8) is 0 Å². The van der Waals surface area contributed by atoms with Crippen LogP contribution in [0.3, 0.4) is 0 Å². The van der Waals surface area contributed by atoms with E-state index in [1.807, 2.05) is 0 Å². The van der Waals surface area contributed by atoms with Crippen molar-refractivity contribution in [1.29, 1.82) is 0 Å². The number of hydrogen-bond acceptors (Lipinski definition) is 3. The Kier molecular flexibility index (Phi) is 3.91. The number of nitrogens with zero attached hydrogens (tertiary/aromatic N) is 1. The van der Waals surface area contributed by atoms with Gasteiger partial charge in [-0.1, -0.05) is 0 Å². The van der Waals surface area contributed by atoms with Gasteiger partial charge in [-0.25, -0.2) is 0 Å². The summed E-state index contributed by atoms with van der Waals surface area (Å²) in [5, 5.41) is 0. The molecular weight excluding hydrogens is 182 g/mol. The molecule has 0 saturated carbocycles. The van der Waals surface area contributed by atoms with Gasteiger partial charge in [0.15, 0.2) is 8.32 Å². The first kappa shape index (κ1) is 11.2. The van der Waals surface area contributed by atoms with E-state index in [2.05, 4.69) is 31.5 Å². The molecule has 0 aromatic rings. The lowest BCUT2D eigenvalue weighted by atomic mass is 10.4. The van der Waals surface area contributed by atoms with Crippen molar-refractivity contribution >= 4 is 8.32 Å². The molecule has 0 amide bonds. The van der Waals surface area contributed by atoms with Crippen LogP contribution in [0.2, 0.25) is 19.6 Å². The Bertz CT molecular complexity index is 152. The summed E-state index contributed by atoms with van der Waals surface area (Å²) >= 11 is 0. The maximum Gasteiger partial charge on any atom is 0.185 e. The van der Waals surface area contributed by atoms with Gasteiger partial charge in [-0.05, 0) is 26.6 Å². The van der Waals surface area contributed by atoms with Crippen molar-refractivity contribution in [2.45, 2.75) is 32.8 Å². The largest absolute Gasteiger partial charge is 0.403 e. The molecule has 1 rings (SSSR count). The molecule has 1 aliphatic heterocycles. The molecule has 0 aromatic heterocycles. The van der Waals surface area contributed by atoms with Crippen LogP contribution >= 0.6 is 0 Å². The Morgan fingerprint density at radius 1 is 1.23 bits per heavy atom. The molecule has 1 unspecified atom stereocenters. The molecule has 1 aliphatic rings. The lowest BCUT2D eigenvalue weighted by Gasteiger charge is -2.35. The van der Waals surface area contributed by atoms with Crippen LogP contribution in [-0.4, -0.2) is 45.7 Å². The lowest BCUT2D eigenvalue weighted by Crippen LogP contribution is -2.47. The second kappa shape index (κ2) is 4.55. The highest BCUT2D eigenvalue weighted by atomic mass is 28.4. The minimum absolute atomic E-state index is 0.260. The minimum Gasteiger partial charge on any atom is -0.403 e. The van der Waals surface area contributed by atoms with E-state index in [4.69, 9.17) is 9.16 Å². The molecule has 3 nitrogen and oxygen atoms in total. The minimum atomic E-state index is -1.39. The van der Waals surface area contributed by atoms with Gasteiger partial charge < -0.3 is 9.16 Å². The number of morpholine rings is 1. The summed E-state index contributed by atoms with van der Waals surface area (Å²) in [4.78, 5) is 2.35. The molecule has 1 heterocycles. The first-order valence-electron chi connectivity index (χ1n) is 4.99. The van der Waals surface area contributed by atoms with Gasteiger partial charge in [0.05, 0.1) is 19.4 Å². The van der Waals surface area contributed by atoms with Crippen molar-refractivity contribution < 1.29 is 9.16 Å². The van der Waals surface area contributed by atoms with E-state index in [1.54, 1.807) is 0 Å². The zero-order valence-electron chi connectivity index (χ0n) is 9.17. The molecule has 0 aliphatic carbocycles. The summed E-state index contributed by atoms with van der Waals surface area (Å²) in [6.45, 7) is 12.5. The summed E-state index contributed by atoms with van der Waals surface area (Å²) in [6, 6.07) is 0. The molecule has 0 N–H and O–H groups in total. The molecule has 0 radical (unpaired) electrons. The zero-order chi connectivity index (χ0) is 9.90. The number of rotatable bonds is 3. The summed E-state index contributed by atoms with van der Waals surface area (Å²) < 4.78 is 11.3. The summed E-state index contributed by atoms with van der Waals surface area (Å²) in [7, 11) is -1.39. The van der Waals surface area contributed by atoms with Crippen molar-refractivity contribution in [1.82, 2.24) is 4.90 Å². The topological polar surface area (TPSA) is 21.7 Å². The Labute approximate surface area is 82.1 Å². The summed E-state index contributed by atoms with van der Waals surface area (Å²) in [6.07, 6.45) is 0.260. The van der Waals surface area contributed by atoms with Crippen molar-refractivity contribution in [3.8, 4) is 0 Å². The highest BCUT2D eigenvalue weighted by Crippen LogP contribution is 2.11. The van der Waals surface area contributed by atoms with E-state index >= 15 is 0 Å². The molecule has 1 saturated heterocycles. The first-order valence-corrected chi connectivity index (χ1v) is 8.39. The van der Waals surface area contributed by atoms with Gasteiger partial charge in [-0.2, -0.15) is 0 Å². The van der Waals surface area contributed by atoms with Gasteiger partial charge >= 0.3 is 0 Å². The number of ether oxygens (including phenoxy) is 1. The van der Waals surface area contributed by atoms with Crippen LogP contribution in [0.25, 0.3) is 0 Å². The maximum atomic E-state index is 5.99. The van der Waals surface area contributed by atoms with Gasteiger partial charge in [-0.3, -0.25) is 4.90 Å². The molecule has 78 valence electrons. The summed E-state index contributed by atoms with van der Waals surface area (Å²) in [5.41, 5.74) is 0. The van der Waals surface area contributed by atoms with Crippen molar-refractivity contribution in [2.24, 2.45) is 0 Å². The average molecular weight is 203 g/mol. The van der Waals surface area contributed by atoms with Crippen LogP contribution < -0.4 is 0 Å². The second-order valence-electron chi connectivity index (χ2n) is 4.48. The van der Waals surface area contributed by atoms with E-state index in [9.17, 15) is 0 Å². The fourth-order valence-electron chi connectivity index (χ4n) is 1.53. The van der Waals surface area contributed by atoms with Gasteiger partial charge in [-0.15, -0.1) is 0 Å². The summed E-state index contributed by atoms with van der Waals surface area (Å²) in [5.74, 6) is 0. The van der Waals surface area contributed by atoms with Crippen LogP contribution in [0.5, 0.6) is 0 Å². The third kappa shape index (κ3) is 4.22. The Morgan fingerprint density at radius 2 is 1.77 bits per heavy atom. The monoisotopic (exact) mass is 203 g/mol. The Morgan fingerprint density at radius 3 is 2.23 bits per heavy atom. The average Bonchev–Trinajstić information content (AvgIpc) is 2.03. The fourth-order valence-corrected chi connectivity index (χ4v) is 2.70. The van der Waals surface area contributed by atoms with Gasteiger partial charge in [0.1, 0.15) is 0 Å². The van der Waals surface area contributed by atoms with Crippen LogP contribution in [0.1, 0.15) is 6.92 Å². The van der Waals surface area contributed by atoms with Crippen molar-refractivity contribution in [3.05, 3.63) is 0 Å². The molecule has 4 heteroatoms. The number of hydrogen-bond donors (Lipinski definition) is 0. The van der Waals surface area contributed by atoms with E-state index < -0.39 is 8.32 Å². The van der Waals surface area contributed by atoms with Gasteiger partial charge in [0.25, 0.3) is 0 Å². The molecule has 1 fully saturated rings.